The van der Waals surface area contributed by atoms with Gasteiger partial charge in [0.15, 0.2) is 0 Å². The molecule has 4 nitrogen and oxygen atoms in total. The average Bonchev–Trinajstić information content (AvgIpc) is 1.83. The van der Waals surface area contributed by atoms with E-state index in [0.717, 1.165) is 6.08 Å². The molecule has 0 radical (unpaired) electrons. The second-order valence-electron chi connectivity index (χ2n) is 1.19. The summed E-state index contributed by atoms with van der Waals surface area (Å²) in [6.45, 7) is 0. The van der Waals surface area contributed by atoms with E-state index in [2.05, 4.69) is 4.74 Å². The van der Waals surface area contributed by atoms with Gasteiger partial charge in [0, 0.05) is 12.2 Å². The molecule has 0 fully saturated rings. The van der Waals surface area contributed by atoms with E-state index >= 15 is 0 Å². The molecule has 0 aromatic rings. The van der Waals surface area contributed by atoms with Crippen molar-refractivity contribution in [2.75, 3.05) is 7.11 Å². The number of carboxylic acid groups (broad SMARTS) is 1. The Kier molecular flexibility index (Phi) is 8.89. The van der Waals surface area contributed by atoms with Crippen molar-refractivity contribution in [1.82, 2.24) is 0 Å². The minimum absolute atomic E-state index is 0. The van der Waals surface area contributed by atoms with Gasteiger partial charge in [-0.1, -0.05) is 0 Å². The van der Waals surface area contributed by atoms with Crippen LogP contribution in [0.5, 0.6) is 0 Å². The van der Waals surface area contributed by atoms with E-state index in [1.807, 2.05) is 0 Å². The predicted molar refractivity (Wildman–Crippen MR) is 37.3 cm³/mol. The maximum absolute atomic E-state index is 10.1. The van der Waals surface area contributed by atoms with Crippen LogP contribution >= 0.6 is 0 Å². The molecule has 5 heteroatoms. The van der Waals surface area contributed by atoms with Crippen LogP contribution in [0.3, 0.4) is 0 Å². The van der Waals surface area contributed by atoms with Gasteiger partial charge < -0.3 is 9.84 Å². The van der Waals surface area contributed by atoms with Crippen molar-refractivity contribution < 1.29 is 19.4 Å². The van der Waals surface area contributed by atoms with Crippen LogP contribution in [0.15, 0.2) is 12.2 Å². The van der Waals surface area contributed by atoms with Crippen molar-refractivity contribution in [3.05, 3.63) is 12.2 Å². The third-order valence-corrected chi connectivity index (χ3v) is 0.563. The van der Waals surface area contributed by atoms with Gasteiger partial charge in [0.25, 0.3) is 0 Å². The first kappa shape index (κ1) is 12.6. The number of hydrogen-bond donors (Lipinski definition) is 1. The number of rotatable bonds is 2. The van der Waals surface area contributed by atoms with Gasteiger partial charge in [-0.05, 0) is 0 Å². The predicted octanol–water partition coefficient (Wildman–Crippen LogP) is -1.12. The molecule has 0 amide bonds. The fraction of sp³-hybridized carbons (Fsp3) is 0.200. The molecule has 0 saturated heterocycles. The van der Waals surface area contributed by atoms with Gasteiger partial charge in [-0.2, -0.15) is 0 Å². The summed E-state index contributed by atoms with van der Waals surface area (Å²) in [5.74, 6) is -1.84. The number of aliphatic carboxylic acids is 1. The van der Waals surface area contributed by atoms with E-state index in [-0.39, 0.29) is 37.7 Å². The summed E-state index contributed by atoms with van der Waals surface area (Å²) in [6, 6.07) is 0. The normalized spacial score (nSPS) is 8.50. The molecule has 10 heavy (non-hydrogen) atoms. The molecule has 0 saturated carbocycles. The fourth-order valence-corrected chi connectivity index (χ4v) is 0.207. The van der Waals surface area contributed by atoms with E-state index in [9.17, 15) is 9.59 Å². The number of hydrogen-bond acceptors (Lipinski definition) is 3. The van der Waals surface area contributed by atoms with E-state index in [4.69, 9.17) is 5.11 Å². The SMILES string of the molecule is COC(=O)/C=C/C(=O)O.[CaH2]. The Bertz CT molecular complexity index is 152. The van der Waals surface area contributed by atoms with Crippen molar-refractivity contribution in [1.29, 1.82) is 0 Å². The quantitative estimate of drug-likeness (QED) is 0.326. The molecule has 0 heterocycles. The Morgan fingerprint density at radius 3 is 2.20 bits per heavy atom. The first-order chi connectivity index (χ1) is 4.16. The number of carboxylic acids is 1. The number of carbonyl (C=O) groups excluding carboxylic acids is 1. The van der Waals surface area contributed by atoms with Crippen LogP contribution in [0.1, 0.15) is 0 Å². The number of carbonyl (C=O) groups is 2. The number of methoxy groups -OCH3 is 1. The van der Waals surface area contributed by atoms with Gasteiger partial charge in [-0.3, -0.25) is 0 Å². The third kappa shape index (κ3) is 7.94. The van der Waals surface area contributed by atoms with Crippen molar-refractivity contribution in [2.24, 2.45) is 0 Å². The maximum atomic E-state index is 10.1. The van der Waals surface area contributed by atoms with E-state index in [0.29, 0.717) is 6.08 Å². The molecule has 0 aromatic carbocycles. The summed E-state index contributed by atoms with van der Waals surface area (Å²) in [7, 11) is 1.18. The molecule has 0 aliphatic carbocycles. The van der Waals surface area contributed by atoms with Gasteiger partial charge >= 0.3 is 49.7 Å². The molecule has 0 spiro atoms. The summed E-state index contributed by atoms with van der Waals surface area (Å²) in [5, 5.41) is 7.96. The Hall–Kier alpha value is -0.0603. The Balaban J connectivity index is 0. The molecule has 0 aromatic heterocycles. The van der Waals surface area contributed by atoms with Crippen LogP contribution in [-0.2, 0) is 14.3 Å². The van der Waals surface area contributed by atoms with Crippen LogP contribution in [0, 0.1) is 0 Å². The average molecular weight is 172 g/mol. The molecule has 0 bridgehead atoms. The van der Waals surface area contributed by atoms with E-state index < -0.39 is 11.9 Å². The fourth-order valence-electron chi connectivity index (χ4n) is 0.207. The van der Waals surface area contributed by atoms with E-state index in [1.165, 1.54) is 7.11 Å². The number of ether oxygens (including phenoxy) is 1. The summed E-state index contributed by atoms with van der Waals surface area (Å²) >= 11 is 0. The minimum atomic E-state index is -1.17. The molecule has 0 aliphatic rings. The molecule has 0 unspecified atom stereocenters. The Morgan fingerprint density at radius 1 is 1.40 bits per heavy atom. The van der Waals surface area contributed by atoms with Gasteiger partial charge in [0.1, 0.15) is 0 Å². The van der Waals surface area contributed by atoms with Crippen LogP contribution in [0.25, 0.3) is 0 Å². The zero-order valence-corrected chi connectivity index (χ0v) is 4.83. The second kappa shape index (κ2) is 7.05. The Labute approximate surface area is 87.9 Å². The second-order valence-corrected chi connectivity index (χ2v) is 1.19. The van der Waals surface area contributed by atoms with Crippen LogP contribution in [0.4, 0.5) is 0 Å². The summed E-state index contributed by atoms with van der Waals surface area (Å²) in [5.41, 5.74) is 0. The first-order valence-corrected chi connectivity index (χ1v) is 2.15. The van der Waals surface area contributed by atoms with Gasteiger partial charge in [0.2, 0.25) is 0 Å². The molecule has 0 atom stereocenters. The van der Waals surface area contributed by atoms with Crippen LogP contribution in [-0.4, -0.2) is 61.9 Å². The van der Waals surface area contributed by atoms with Crippen LogP contribution < -0.4 is 0 Å². The standard InChI is InChI=1S/C5H6O4.Ca.2H/c1-9-5(8)3-2-4(6)7;;;/h2-3H,1H3,(H,6,7);;;/b3-2+;;;. The monoisotopic (exact) mass is 172 g/mol. The van der Waals surface area contributed by atoms with E-state index in [1.54, 1.807) is 0 Å². The zero-order valence-electron chi connectivity index (χ0n) is 4.83. The van der Waals surface area contributed by atoms with Crippen molar-refractivity contribution in [2.45, 2.75) is 0 Å². The summed E-state index contributed by atoms with van der Waals surface area (Å²) in [6.07, 6.45) is 1.55. The summed E-state index contributed by atoms with van der Waals surface area (Å²) < 4.78 is 4.11. The molecule has 54 valence electrons. The molecular formula is C5H8CaO4. The molecular weight excluding hydrogens is 164 g/mol. The van der Waals surface area contributed by atoms with Crippen molar-refractivity contribution >= 4 is 49.7 Å². The van der Waals surface area contributed by atoms with Crippen molar-refractivity contribution in [3.8, 4) is 0 Å². The van der Waals surface area contributed by atoms with Crippen LogP contribution in [0.2, 0.25) is 0 Å². The molecule has 1 N–H and O–H groups in total. The molecule has 0 rings (SSSR count). The molecule has 0 aliphatic heterocycles. The topological polar surface area (TPSA) is 63.6 Å². The first-order valence-electron chi connectivity index (χ1n) is 2.15. The van der Waals surface area contributed by atoms with Gasteiger partial charge in [-0.25, -0.2) is 9.59 Å². The Morgan fingerprint density at radius 2 is 1.90 bits per heavy atom. The zero-order chi connectivity index (χ0) is 7.28. The third-order valence-electron chi connectivity index (χ3n) is 0.563. The van der Waals surface area contributed by atoms with Gasteiger partial charge in [-0.15, -0.1) is 0 Å². The summed E-state index contributed by atoms with van der Waals surface area (Å²) in [4.78, 5) is 19.9. The van der Waals surface area contributed by atoms with Gasteiger partial charge in [0.05, 0.1) is 7.11 Å². The van der Waals surface area contributed by atoms with Crippen molar-refractivity contribution in [3.63, 3.8) is 0 Å². The number of esters is 1.